The van der Waals surface area contributed by atoms with Gasteiger partial charge in [0.1, 0.15) is 7.11 Å². The van der Waals surface area contributed by atoms with Crippen molar-refractivity contribution < 1.29 is 4.84 Å². The Hall–Kier alpha value is -0.530. The molecule has 0 aromatic heterocycles. The summed E-state index contributed by atoms with van der Waals surface area (Å²) in [7, 11) is 1.63. The largest absolute Gasteiger partial charge is 0.399 e. The summed E-state index contributed by atoms with van der Waals surface area (Å²) in [6, 6.07) is 0. The molecule has 0 heterocycles. The van der Waals surface area contributed by atoms with Crippen molar-refractivity contribution in [3.05, 3.63) is 0 Å². The third-order valence-electron chi connectivity index (χ3n) is 2.54. The molecule has 1 saturated carbocycles. The molecule has 2 heteroatoms. The molecular weight excluding hydrogens is 162 g/mol. The van der Waals surface area contributed by atoms with Crippen LogP contribution in [0.4, 0.5) is 0 Å². The molecule has 76 valence electrons. The molecule has 2 nitrogen and oxygen atoms in total. The number of oxime groups is 1. The first-order valence-corrected chi connectivity index (χ1v) is 4.94. The van der Waals surface area contributed by atoms with Gasteiger partial charge in [0, 0.05) is 0 Å². The monoisotopic (exact) mass is 183 g/mol. The van der Waals surface area contributed by atoms with Crippen LogP contribution in [0.5, 0.6) is 0 Å². The maximum atomic E-state index is 4.86. The summed E-state index contributed by atoms with van der Waals surface area (Å²) in [5, 5.41) is 4.09. The number of nitrogens with zero attached hydrogens (tertiary/aromatic N) is 1. The Morgan fingerprint density at radius 3 is 1.92 bits per heavy atom. The second-order valence-corrected chi connectivity index (χ2v) is 5.70. The van der Waals surface area contributed by atoms with Crippen LogP contribution in [0, 0.1) is 10.8 Å². The molecule has 0 N–H and O–H groups in total. The average Bonchev–Trinajstić information content (AvgIpc) is 1.78. The molecule has 0 unspecified atom stereocenters. The lowest BCUT2D eigenvalue weighted by Gasteiger charge is -2.40. The van der Waals surface area contributed by atoms with E-state index in [1.807, 2.05) is 0 Å². The molecule has 0 radical (unpaired) electrons. The van der Waals surface area contributed by atoms with Crippen LogP contribution in [0.1, 0.15) is 47.0 Å². The summed E-state index contributed by atoms with van der Waals surface area (Å²) in [5.74, 6) is 0. The fourth-order valence-electron chi connectivity index (χ4n) is 2.78. The van der Waals surface area contributed by atoms with Gasteiger partial charge >= 0.3 is 0 Å². The fraction of sp³-hybridized carbons (Fsp3) is 0.909. The molecule has 0 aliphatic heterocycles. The van der Waals surface area contributed by atoms with Gasteiger partial charge in [-0.05, 0) is 30.1 Å². The van der Waals surface area contributed by atoms with E-state index in [2.05, 4.69) is 32.9 Å². The van der Waals surface area contributed by atoms with Gasteiger partial charge in [0.05, 0.1) is 5.71 Å². The van der Waals surface area contributed by atoms with Crippen LogP contribution in [-0.2, 0) is 4.84 Å². The molecule has 0 aromatic rings. The Kier molecular flexibility index (Phi) is 2.69. The van der Waals surface area contributed by atoms with Crippen molar-refractivity contribution >= 4 is 5.71 Å². The Morgan fingerprint density at radius 1 is 1.08 bits per heavy atom. The van der Waals surface area contributed by atoms with E-state index < -0.39 is 0 Å². The van der Waals surface area contributed by atoms with Gasteiger partial charge in [-0.25, -0.2) is 0 Å². The Bertz CT molecular complexity index is 198. The van der Waals surface area contributed by atoms with E-state index in [1.165, 1.54) is 12.1 Å². The second kappa shape index (κ2) is 3.32. The smallest absolute Gasteiger partial charge is 0.106 e. The predicted octanol–water partition coefficient (Wildman–Crippen LogP) is 3.23. The normalized spacial score (nSPS) is 25.5. The molecule has 1 fully saturated rings. The summed E-state index contributed by atoms with van der Waals surface area (Å²) < 4.78 is 0. The van der Waals surface area contributed by atoms with Gasteiger partial charge in [0.15, 0.2) is 0 Å². The van der Waals surface area contributed by atoms with E-state index in [0.29, 0.717) is 10.8 Å². The highest BCUT2D eigenvalue weighted by molar-refractivity contribution is 5.86. The first-order chi connectivity index (χ1) is 5.85. The van der Waals surface area contributed by atoms with Crippen molar-refractivity contribution in [3.8, 4) is 0 Å². The Balaban J connectivity index is 2.78. The van der Waals surface area contributed by atoms with Crippen LogP contribution in [0.3, 0.4) is 0 Å². The zero-order valence-corrected chi connectivity index (χ0v) is 9.48. The summed E-state index contributed by atoms with van der Waals surface area (Å²) in [4.78, 5) is 4.86. The van der Waals surface area contributed by atoms with Crippen molar-refractivity contribution in [2.75, 3.05) is 7.11 Å². The van der Waals surface area contributed by atoms with Crippen LogP contribution >= 0.6 is 0 Å². The Labute approximate surface area is 81.3 Å². The fourth-order valence-corrected chi connectivity index (χ4v) is 2.78. The summed E-state index contributed by atoms with van der Waals surface area (Å²) in [5.41, 5.74) is 1.96. The van der Waals surface area contributed by atoms with Gasteiger partial charge in [-0.1, -0.05) is 32.9 Å². The van der Waals surface area contributed by atoms with Gasteiger partial charge in [0.25, 0.3) is 0 Å². The van der Waals surface area contributed by atoms with Crippen LogP contribution < -0.4 is 0 Å². The van der Waals surface area contributed by atoms with Crippen molar-refractivity contribution in [2.24, 2.45) is 16.0 Å². The molecule has 0 atom stereocenters. The van der Waals surface area contributed by atoms with Crippen LogP contribution in [-0.4, -0.2) is 12.8 Å². The molecule has 0 saturated heterocycles. The molecule has 1 aliphatic carbocycles. The minimum atomic E-state index is 0.374. The van der Waals surface area contributed by atoms with Crippen LogP contribution in [0.25, 0.3) is 0 Å². The standard InChI is InChI=1S/C11H21NO/c1-10(2)6-9(12-13-5)7-11(3,4)8-10/h6-8H2,1-5H3. The Morgan fingerprint density at radius 2 is 1.54 bits per heavy atom. The maximum Gasteiger partial charge on any atom is 0.106 e. The molecule has 1 rings (SSSR count). The molecular formula is C11H21NO. The molecule has 1 aliphatic rings. The summed E-state index contributed by atoms with van der Waals surface area (Å²) in [6.07, 6.45) is 3.41. The van der Waals surface area contributed by atoms with Crippen LogP contribution in [0.15, 0.2) is 5.16 Å². The number of rotatable bonds is 1. The van der Waals surface area contributed by atoms with E-state index in [4.69, 9.17) is 4.84 Å². The zero-order chi connectivity index (χ0) is 10.1. The number of hydrogen-bond donors (Lipinski definition) is 0. The highest BCUT2D eigenvalue weighted by Gasteiger charge is 2.36. The van der Waals surface area contributed by atoms with Gasteiger partial charge in [-0.3, -0.25) is 0 Å². The third-order valence-corrected chi connectivity index (χ3v) is 2.54. The van der Waals surface area contributed by atoms with Gasteiger partial charge in [-0.15, -0.1) is 0 Å². The van der Waals surface area contributed by atoms with Gasteiger partial charge in [-0.2, -0.15) is 0 Å². The van der Waals surface area contributed by atoms with E-state index >= 15 is 0 Å². The first-order valence-electron chi connectivity index (χ1n) is 4.94. The average molecular weight is 183 g/mol. The lowest BCUT2D eigenvalue weighted by atomic mass is 9.65. The second-order valence-electron chi connectivity index (χ2n) is 5.70. The predicted molar refractivity (Wildman–Crippen MR) is 55.9 cm³/mol. The third kappa shape index (κ3) is 3.02. The van der Waals surface area contributed by atoms with E-state index in [0.717, 1.165) is 12.8 Å². The van der Waals surface area contributed by atoms with Crippen LogP contribution in [0.2, 0.25) is 0 Å². The molecule has 0 amide bonds. The quantitative estimate of drug-likeness (QED) is 0.572. The van der Waals surface area contributed by atoms with Crippen molar-refractivity contribution in [1.29, 1.82) is 0 Å². The van der Waals surface area contributed by atoms with Gasteiger partial charge < -0.3 is 4.84 Å². The van der Waals surface area contributed by atoms with E-state index in [1.54, 1.807) is 7.11 Å². The maximum absolute atomic E-state index is 4.86. The molecule has 0 bridgehead atoms. The van der Waals surface area contributed by atoms with E-state index in [9.17, 15) is 0 Å². The van der Waals surface area contributed by atoms with Crippen molar-refractivity contribution in [3.63, 3.8) is 0 Å². The summed E-state index contributed by atoms with van der Waals surface area (Å²) >= 11 is 0. The lowest BCUT2D eigenvalue weighted by Crippen LogP contribution is -2.34. The molecule has 0 spiro atoms. The minimum Gasteiger partial charge on any atom is -0.399 e. The summed E-state index contributed by atoms with van der Waals surface area (Å²) in [6.45, 7) is 9.22. The highest BCUT2D eigenvalue weighted by atomic mass is 16.6. The lowest BCUT2D eigenvalue weighted by molar-refractivity contribution is 0.164. The first kappa shape index (κ1) is 10.6. The SMILES string of the molecule is CON=C1CC(C)(C)CC(C)(C)C1. The van der Waals surface area contributed by atoms with E-state index in [-0.39, 0.29) is 0 Å². The highest BCUT2D eigenvalue weighted by Crippen LogP contribution is 2.44. The van der Waals surface area contributed by atoms with Gasteiger partial charge in [0.2, 0.25) is 0 Å². The number of hydrogen-bond acceptors (Lipinski definition) is 2. The van der Waals surface area contributed by atoms with Crippen molar-refractivity contribution in [2.45, 2.75) is 47.0 Å². The molecule has 13 heavy (non-hydrogen) atoms. The topological polar surface area (TPSA) is 21.6 Å². The van der Waals surface area contributed by atoms with Crippen molar-refractivity contribution in [1.82, 2.24) is 0 Å². The minimum absolute atomic E-state index is 0.374. The molecule has 0 aromatic carbocycles. The zero-order valence-electron chi connectivity index (χ0n) is 9.48.